The number of hydrogen-bond donors (Lipinski definition) is 0. The molecule has 1 aromatic carbocycles. The van der Waals surface area contributed by atoms with Crippen LogP contribution in [0.15, 0.2) is 35.9 Å². The summed E-state index contributed by atoms with van der Waals surface area (Å²) in [4.78, 5) is 0. The molecule has 0 spiro atoms. The molecule has 0 saturated carbocycles. The lowest BCUT2D eigenvalue weighted by Gasteiger charge is -2.47. The molecule has 5 atom stereocenters. The van der Waals surface area contributed by atoms with Gasteiger partial charge >= 0.3 is 0 Å². The molecule has 2 heteroatoms. The van der Waals surface area contributed by atoms with Crippen molar-refractivity contribution in [2.24, 2.45) is 23.7 Å². The molecule has 1 aliphatic heterocycles. The van der Waals surface area contributed by atoms with E-state index >= 15 is 0 Å². The molecule has 0 N–H and O–H groups in total. The minimum Gasteiger partial charge on any atom is -0.496 e. The lowest BCUT2D eigenvalue weighted by atomic mass is 9.64. The van der Waals surface area contributed by atoms with E-state index in [0.717, 1.165) is 12.4 Å². The zero-order chi connectivity index (χ0) is 14.3. The van der Waals surface area contributed by atoms with Crippen LogP contribution in [-0.2, 0) is 4.74 Å². The second-order valence-electron chi connectivity index (χ2n) is 6.31. The molecular weight excluding hydrogens is 248 g/mol. The Balaban J connectivity index is 2.01. The van der Waals surface area contributed by atoms with Gasteiger partial charge in [-0.2, -0.15) is 0 Å². The number of rotatable bonds is 2. The van der Waals surface area contributed by atoms with Gasteiger partial charge < -0.3 is 9.47 Å². The number of ether oxygens (including phenoxy) is 2. The van der Waals surface area contributed by atoms with Gasteiger partial charge in [-0.25, -0.2) is 0 Å². The molecule has 3 rings (SSSR count). The highest BCUT2D eigenvalue weighted by atomic mass is 16.5. The molecule has 0 aromatic heterocycles. The molecule has 2 bridgehead atoms. The summed E-state index contributed by atoms with van der Waals surface area (Å²) < 4.78 is 11.8. The highest BCUT2D eigenvalue weighted by Crippen LogP contribution is 2.50. The molecule has 1 aromatic rings. The Bertz CT molecular complexity index is 520. The van der Waals surface area contributed by atoms with Gasteiger partial charge in [-0.05, 0) is 30.7 Å². The predicted octanol–water partition coefficient (Wildman–Crippen LogP) is 4.23. The van der Waals surface area contributed by atoms with Crippen molar-refractivity contribution in [2.45, 2.75) is 26.9 Å². The molecule has 2 aliphatic rings. The van der Waals surface area contributed by atoms with E-state index in [1.54, 1.807) is 7.11 Å². The van der Waals surface area contributed by atoms with Crippen molar-refractivity contribution in [1.82, 2.24) is 0 Å². The van der Waals surface area contributed by atoms with Crippen molar-refractivity contribution in [2.75, 3.05) is 13.7 Å². The van der Waals surface area contributed by atoms with Crippen molar-refractivity contribution in [1.29, 1.82) is 0 Å². The summed E-state index contributed by atoms with van der Waals surface area (Å²) in [6.45, 7) is 7.80. The summed E-state index contributed by atoms with van der Waals surface area (Å²) in [7, 11) is 1.74. The summed E-state index contributed by atoms with van der Waals surface area (Å²) in [5.74, 6) is 3.35. The Labute approximate surface area is 121 Å². The Hall–Kier alpha value is -1.28. The van der Waals surface area contributed by atoms with Gasteiger partial charge in [-0.1, -0.05) is 43.7 Å². The highest BCUT2D eigenvalue weighted by molar-refractivity contribution is 5.37. The Morgan fingerprint density at radius 1 is 1.20 bits per heavy atom. The van der Waals surface area contributed by atoms with Gasteiger partial charge in [0.2, 0.25) is 0 Å². The van der Waals surface area contributed by atoms with E-state index in [9.17, 15) is 0 Å². The van der Waals surface area contributed by atoms with Crippen molar-refractivity contribution in [3.8, 4) is 5.75 Å². The fourth-order valence-corrected chi connectivity index (χ4v) is 4.13. The number of benzene rings is 1. The Morgan fingerprint density at radius 2 is 1.95 bits per heavy atom. The van der Waals surface area contributed by atoms with Gasteiger partial charge in [0, 0.05) is 11.5 Å². The topological polar surface area (TPSA) is 18.5 Å². The van der Waals surface area contributed by atoms with E-state index in [1.807, 2.05) is 12.1 Å². The molecule has 20 heavy (non-hydrogen) atoms. The average Bonchev–Trinajstić information content (AvgIpc) is 2.44. The van der Waals surface area contributed by atoms with Gasteiger partial charge in [-0.15, -0.1) is 0 Å². The van der Waals surface area contributed by atoms with E-state index in [2.05, 4.69) is 39.0 Å². The fourth-order valence-electron chi connectivity index (χ4n) is 4.13. The van der Waals surface area contributed by atoms with E-state index in [0.29, 0.717) is 23.7 Å². The van der Waals surface area contributed by atoms with Crippen molar-refractivity contribution in [3.05, 3.63) is 41.5 Å². The van der Waals surface area contributed by atoms with Crippen LogP contribution < -0.4 is 4.74 Å². The molecule has 0 unspecified atom stereocenters. The zero-order valence-electron chi connectivity index (χ0n) is 12.8. The van der Waals surface area contributed by atoms with Crippen LogP contribution in [0.5, 0.6) is 5.75 Å². The summed E-state index contributed by atoms with van der Waals surface area (Å²) in [6, 6.07) is 8.26. The summed E-state index contributed by atoms with van der Waals surface area (Å²) in [6.07, 6.45) is 2.57. The molecular formula is C18H24O2. The van der Waals surface area contributed by atoms with Crippen LogP contribution in [-0.4, -0.2) is 13.7 Å². The normalized spacial score (nSPS) is 36.4. The minimum absolute atomic E-state index is 0.126. The third-order valence-corrected chi connectivity index (χ3v) is 5.21. The molecule has 1 fully saturated rings. The fraction of sp³-hybridized carbons (Fsp3) is 0.556. The second kappa shape index (κ2) is 5.25. The SMILES string of the molecule is COc1ccccc1[C@@H]1OC[C@H]2[C@H](C)[C@@H]1C(C)=C[C@@H]2C. The molecule has 2 nitrogen and oxygen atoms in total. The van der Waals surface area contributed by atoms with Crippen LogP contribution in [0.25, 0.3) is 0 Å². The van der Waals surface area contributed by atoms with Crippen LogP contribution >= 0.6 is 0 Å². The largest absolute Gasteiger partial charge is 0.496 e. The summed E-state index contributed by atoms with van der Waals surface area (Å²) >= 11 is 0. The van der Waals surface area contributed by atoms with Crippen molar-refractivity contribution < 1.29 is 9.47 Å². The third kappa shape index (κ3) is 2.07. The van der Waals surface area contributed by atoms with Crippen LogP contribution in [0.2, 0.25) is 0 Å². The van der Waals surface area contributed by atoms with Gasteiger partial charge in [0.1, 0.15) is 5.75 Å². The van der Waals surface area contributed by atoms with Crippen molar-refractivity contribution >= 4 is 0 Å². The molecule has 0 radical (unpaired) electrons. The number of hydrogen-bond acceptors (Lipinski definition) is 2. The third-order valence-electron chi connectivity index (χ3n) is 5.21. The van der Waals surface area contributed by atoms with Gasteiger partial charge in [0.05, 0.1) is 19.8 Å². The zero-order valence-corrected chi connectivity index (χ0v) is 12.8. The lowest BCUT2D eigenvalue weighted by Crippen LogP contribution is -2.42. The summed E-state index contributed by atoms with van der Waals surface area (Å²) in [5.41, 5.74) is 2.66. The Morgan fingerprint density at radius 3 is 2.70 bits per heavy atom. The van der Waals surface area contributed by atoms with Crippen LogP contribution in [0, 0.1) is 23.7 Å². The monoisotopic (exact) mass is 272 g/mol. The van der Waals surface area contributed by atoms with Crippen molar-refractivity contribution in [3.63, 3.8) is 0 Å². The predicted molar refractivity (Wildman–Crippen MR) is 80.8 cm³/mol. The first-order chi connectivity index (χ1) is 9.63. The maximum Gasteiger partial charge on any atom is 0.124 e. The number of allylic oxidation sites excluding steroid dienone is 1. The van der Waals surface area contributed by atoms with Gasteiger partial charge in [-0.3, -0.25) is 0 Å². The molecule has 1 saturated heterocycles. The first-order valence-electron chi connectivity index (χ1n) is 7.56. The standard InChI is InChI=1S/C18H24O2/c1-11-9-12(2)17-13(3)15(11)10-20-18(17)14-7-5-6-8-16(14)19-4/h5-9,11,13,15,17-18H,10H2,1-4H3/t11-,13-,15+,17-,18-/m0/s1. The van der Waals surface area contributed by atoms with E-state index in [4.69, 9.17) is 9.47 Å². The van der Waals surface area contributed by atoms with E-state index in [1.165, 1.54) is 11.1 Å². The number of fused-ring (bicyclic) bond motifs is 2. The van der Waals surface area contributed by atoms with Crippen LogP contribution in [0.1, 0.15) is 32.4 Å². The maximum atomic E-state index is 6.26. The van der Waals surface area contributed by atoms with E-state index in [-0.39, 0.29) is 6.10 Å². The first-order valence-corrected chi connectivity index (χ1v) is 7.56. The van der Waals surface area contributed by atoms with Crippen LogP contribution in [0.3, 0.4) is 0 Å². The van der Waals surface area contributed by atoms with Gasteiger partial charge in [0.15, 0.2) is 0 Å². The second-order valence-corrected chi connectivity index (χ2v) is 6.31. The molecule has 1 heterocycles. The number of para-hydroxylation sites is 1. The average molecular weight is 272 g/mol. The molecule has 0 amide bonds. The number of methoxy groups -OCH3 is 1. The van der Waals surface area contributed by atoms with Gasteiger partial charge in [0.25, 0.3) is 0 Å². The first kappa shape index (κ1) is 13.7. The quantitative estimate of drug-likeness (QED) is 0.750. The minimum atomic E-state index is 0.126. The molecule has 1 aliphatic carbocycles. The maximum absolute atomic E-state index is 6.26. The van der Waals surface area contributed by atoms with E-state index < -0.39 is 0 Å². The highest BCUT2D eigenvalue weighted by Gasteiger charge is 2.44. The molecule has 108 valence electrons. The smallest absolute Gasteiger partial charge is 0.124 e. The Kier molecular flexibility index (Phi) is 3.59. The lowest BCUT2D eigenvalue weighted by molar-refractivity contribution is -0.0941. The summed E-state index contributed by atoms with van der Waals surface area (Å²) in [5, 5.41) is 0. The van der Waals surface area contributed by atoms with Crippen LogP contribution in [0.4, 0.5) is 0 Å².